The van der Waals surface area contributed by atoms with E-state index in [0.29, 0.717) is 0 Å². The summed E-state index contributed by atoms with van der Waals surface area (Å²) in [6.07, 6.45) is 0. The predicted molar refractivity (Wildman–Crippen MR) is 238 cm³/mol. The van der Waals surface area contributed by atoms with E-state index in [2.05, 4.69) is 163 Å². The van der Waals surface area contributed by atoms with Gasteiger partial charge < -0.3 is 29.9 Å². The van der Waals surface area contributed by atoms with E-state index in [1.807, 2.05) is 0 Å². The molecule has 6 N–H and O–H groups in total. The molecule has 6 heterocycles. The second-order valence-electron chi connectivity index (χ2n) is 15.9. The zero-order valence-electron chi connectivity index (χ0n) is 29.7. The summed E-state index contributed by atoms with van der Waals surface area (Å²) in [5, 5.41) is 19.9. The Morgan fingerprint density at radius 1 is 0.196 bits per heavy atom. The Morgan fingerprint density at radius 2 is 0.446 bits per heavy atom. The van der Waals surface area contributed by atoms with Crippen LogP contribution in [-0.2, 0) is 0 Å². The van der Waals surface area contributed by atoms with Crippen LogP contribution in [0.5, 0.6) is 0 Å². The first kappa shape index (κ1) is 27.8. The Balaban J connectivity index is 0.911. The molecule has 15 aromatic rings. The summed E-state index contributed by atoms with van der Waals surface area (Å²) in [5.74, 6) is 0. The monoisotopic (exact) mass is 712 g/mol. The molecule has 0 spiro atoms. The molecule has 0 fully saturated rings. The molecule has 0 bridgehead atoms. The number of aromatic nitrogens is 6. The normalized spacial score (nSPS) is 13.0. The van der Waals surface area contributed by atoms with Gasteiger partial charge in [0.05, 0.1) is 0 Å². The smallest absolute Gasteiger partial charge is 0.0472 e. The number of fused-ring (bicyclic) bond motifs is 22. The van der Waals surface area contributed by atoms with Crippen molar-refractivity contribution in [2.45, 2.75) is 0 Å². The number of rotatable bonds is 0. The van der Waals surface area contributed by atoms with E-state index in [1.165, 1.54) is 97.2 Å². The van der Waals surface area contributed by atoms with Crippen molar-refractivity contribution >= 4 is 152 Å². The molecule has 0 saturated heterocycles. The maximum Gasteiger partial charge on any atom is 0.0472 e. The van der Waals surface area contributed by atoms with Gasteiger partial charge in [-0.15, -0.1) is 0 Å². The van der Waals surface area contributed by atoms with Crippen molar-refractivity contribution in [1.29, 1.82) is 0 Å². The summed E-state index contributed by atoms with van der Waals surface area (Å²) < 4.78 is 0. The van der Waals surface area contributed by atoms with Crippen LogP contribution < -0.4 is 0 Å². The number of benzene rings is 9. The zero-order chi connectivity index (χ0) is 36.0. The number of aromatic amines is 6. The highest BCUT2D eigenvalue weighted by Crippen LogP contribution is 2.42. The molecule has 0 radical (unpaired) electrons. The fourth-order valence-electron chi connectivity index (χ4n) is 10.4. The van der Waals surface area contributed by atoms with Crippen LogP contribution >= 0.6 is 0 Å². The second kappa shape index (κ2) is 9.32. The van der Waals surface area contributed by atoms with E-state index in [0.717, 1.165) is 55.2 Å². The third-order valence-electron chi connectivity index (χ3n) is 13.0. The van der Waals surface area contributed by atoms with E-state index < -0.39 is 0 Å². The van der Waals surface area contributed by atoms with Gasteiger partial charge in [-0.3, -0.25) is 0 Å². The average molecular weight is 713 g/mol. The van der Waals surface area contributed by atoms with Gasteiger partial charge in [0.1, 0.15) is 0 Å². The lowest BCUT2D eigenvalue weighted by Crippen LogP contribution is -1.74. The minimum Gasteiger partial charge on any atom is -0.354 e. The highest BCUT2D eigenvalue weighted by molar-refractivity contribution is 6.28. The molecule has 6 nitrogen and oxygen atoms in total. The first-order valence-electron chi connectivity index (χ1n) is 19.2. The summed E-state index contributed by atoms with van der Waals surface area (Å²) in [4.78, 5) is 22.6. The maximum absolute atomic E-state index is 3.80. The van der Waals surface area contributed by atoms with E-state index >= 15 is 0 Å². The van der Waals surface area contributed by atoms with Crippen LogP contribution in [0.1, 0.15) is 0 Å². The van der Waals surface area contributed by atoms with Gasteiger partial charge in [0, 0.05) is 131 Å². The topological polar surface area (TPSA) is 94.7 Å². The number of H-pyrrole nitrogens is 6. The molecule has 0 aliphatic rings. The average Bonchev–Trinajstić information content (AvgIpc) is 4.07. The first-order chi connectivity index (χ1) is 27.7. The van der Waals surface area contributed by atoms with Gasteiger partial charge >= 0.3 is 0 Å². The van der Waals surface area contributed by atoms with Gasteiger partial charge in [-0.2, -0.15) is 0 Å². The molecular weight excluding hydrogens is 685 g/mol. The first-order valence-corrected chi connectivity index (χ1v) is 19.2. The van der Waals surface area contributed by atoms with E-state index in [1.54, 1.807) is 0 Å². The SMILES string of the molecule is c1ccc2c(c1)ccc1[nH]c3cc4c(cc3c12)[nH]c1cc2c(cc14)[nH]c1cc3c(cc12)[nH]c1cc2c(cc13)[nH]c1cc3c(cc12)[nH]c1ccc2ccccc2c13. The third-order valence-corrected chi connectivity index (χ3v) is 13.0. The summed E-state index contributed by atoms with van der Waals surface area (Å²) in [5.41, 5.74) is 13.8. The van der Waals surface area contributed by atoms with Crippen LogP contribution in [0.2, 0.25) is 0 Å². The minimum atomic E-state index is 1.14. The van der Waals surface area contributed by atoms with Crippen molar-refractivity contribution in [2.24, 2.45) is 0 Å². The molecule has 0 saturated carbocycles. The maximum atomic E-state index is 3.80. The molecule has 6 heteroatoms. The second-order valence-corrected chi connectivity index (χ2v) is 15.9. The summed E-state index contributed by atoms with van der Waals surface area (Å²) in [7, 11) is 0. The fraction of sp³-hybridized carbons (Fsp3) is 0. The van der Waals surface area contributed by atoms with E-state index in [4.69, 9.17) is 0 Å². The van der Waals surface area contributed by atoms with Crippen LogP contribution in [0.4, 0.5) is 0 Å². The molecule has 0 aliphatic heterocycles. The lowest BCUT2D eigenvalue weighted by molar-refractivity contribution is 1.54. The Labute approximate surface area is 314 Å². The number of nitrogens with one attached hydrogen (secondary N) is 6. The Hall–Kier alpha value is -7.70. The van der Waals surface area contributed by atoms with Gasteiger partial charge in [-0.05, 0) is 94.3 Å². The quantitative estimate of drug-likeness (QED) is 0.0903. The molecule has 0 unspecified atom stereocenters. The zero-order valence-corrected chi connectivity index (χ0v) is 29.7. The molecule has 9 aromatic carbocycles. The molecule has 0 aliphatic carbocycles. The van der Waals surface area contributed by atoms with Gasteiger partial charge in [-0.1, -0.05) is 60.7 Å². The van der Waals surface area contributed by atoms with Crippen LogP contribution in [0, 0.1) is 0 Å². The lowest BCUT2D eigenvalue weighted by atomic mass is 10.0. The van der Waals surface area contributed by atoms with Gasteiger partial charge in [0.25, 0.3) is 0 Å². The number of hydrogen-bond acceptors (Lipinski definition) is 0. The predicted octanol–water partition coefficient (Wildman–Crippen LogP) is 13.8. The molecule has 0 atom stereocenters. The minimum absolute atomic E-state index is 1.14. The molecular formula is C50H28N6. The van der Waals surface area contributed by atoms with E-state index in [-0.39, 0.29) is 0 Å². The largest absolute Gasteiger partial charge is 0.354 e. The van der Waals surface area contributed by atoms with Crippen molar-refractivity contribution in [3.05, 3.63) is 133 Å². The summed E-state index contributed by atoms with van der Waals surface area (Å²) in [6.45, 7) is 0. The summed E-state index contributed by atoms with van der Waals surface area (Å²) >= 11 is 0. The van der Waals surface area contributed by atoms with Crippen LogP contribution in [-0.4, -0.2) is 29.9 Å². The van der Waals surface area contributed by atoms with Gasteiger partial charge in [0.2, 0.25) is 0 Å². The molecule has 258 valence electrons. The Morgan fingerprint density at radius 3 is 0.768 bits per heavy atom. The van der Waals surface area contributed by atoms with Crippen LogP contribution in [0.25, 0.3) is 152 Å². The van der Waals surface area contributed by atoms with Crippen molar-refractivity contribution in [3.63, 3.8) is 0 Å². The van der Waals surface area contributed by atoms with Crippen molar-refractivity contribution in [3.8, 4) is 0 Å². The summed E-state index contributed by atoms with van der Waals surface area (Å²) in [6, 6.07) is 49.3. The Kier molecular flexibility index (Phi) is 4.63. The van der Waals surface area contributed by atoms with Crippen molar-refractivity contribution in [1.82, 2.24) is 29.9 Å². The molecule has 6 aromatic heterocycles. The van der Waals surface area contributed by atoms with Crippen LogP contribution in [0.15, 0.2) is 133 Å². The highest BCUT2D eigenvalue weighted by atomic mass is 14.8. The highest BCUT2D eigenvalue weighted by Gasteiger charge is 2.18. The third kappa shape index (κ3) is 3.35. The van der Waals surface area contributed by atoms with Crippen LogP contribution in [0.3, 0.4) is 0 Å². The molecule has 0 amide bonds. The van der Waals surface area contributed by atoms with Gasteiger partial charge in [-0.25, -0.2) is 0 Å². The Bertz CT molecular complexity index is 4010. The van der Waals surface area contributed by atoms with E-state index in [9.17, 15) is 0 Å². The van der Waals surface area contributed by atoms with Crippen molar-refractivity contribution in [2.75, 3.05) is 0 Å². The lowest BCUT2D eigenvalue weighted by Gasteiger charge is -2.00. The number of hydrogen-bond donors (Lipinski definition) is 6. The molecule has 15 rings (SSSR count). The fourth-order valence-corrected chi connectivity index (χ4v) is 10.4. The molecule has 56 heavy (non-hydrogen) atoms. The standard InChI is InChI=1S/C50H28N6/c1-3-7-25-23(5-1)9-11-37-49(25)35-21-45-33(19-47(35)51-37)31-17-41-29(15-43(31)55-45)27-13-40-28(14-39(27)53-41)30-16-44-32(18-42(30)54-40)34-20-48-36(22-46(34)56-44)50-26-8-4-2-6-24(26)10-12-38(50)52-48/h1-22,51-56H. The van der Waals surface area contributed by atoms with Crippen molar-refractivity contribution < 1.29 is 0 Å². The van der Waals surface area contributed by atoms with Gasteiger partial charge in [0.15, 0.2) is 0 Å².